The number of alkyl halides is 3. The molecule has 1 atom stereocenters. The molecule has 2 aromatic carbocycles. The molecule has 32 heavy (non-hydrogen) atoms. The number of aromatic nitrogens is 3. The van der Waals surface area contributed by atoms with Gasteiger partial charge in [-0.15, -0.1) is 0 Å². The first-order valence-corrected chi connectivity index (χ1v) is 10.2. The lowest BCUT2D eigenvalue weighted by Gasteiger charge is -2.19. The molecule has 1 unspecified atom stereocenters. The van der Waals surface area contributed by atoms with Crippen LogP contribution in [0.15, 0.2) is 65.8 Å². The Morgan fingerprint density at radius 2 is 1.94 bits per heavy atom. The highest BCUT2D eigenvalue weighted by molar-refractivity contribution is 6.30. The lowest BCUT2D eigenvalue weighted by atomic mass is 10.1. The standard InChI is InChI=1S/C23H15ClF3N3O2/c24-14-4-6-16-13(10-14)3-7-19(16)30-12-29-21(31)17-11-15(5-8-20(17)30)32-22-18(23(25,26)27)2-1-9-28-22/h1-2,4-6,8-12,19H,3,7H2. The number of hydrogen-bond acceptors (Lipinski definition) is 4. The zero-order valence-electron chi connectivity index (χ0n) is 16.4. The predicted molar refractivity (Wildman–Crippen MR) is 113 cm³/mol. The van der Waals surface area contributed by atoms with Crippen molar-refractivity contribution < 1.29 is 17.9 Å². The molecule has 5 rings (SSSR count). The van der Waals surface area contributed by atoms with Gasteiger partial charge >= 0.3 is 6.18 Å². The minimum atomic E-state index is -4.62. The van der Waals surface area contributed by atoms with E-state index in [2.05, 4.69) is 9.97 Å². The largest absolute Gasteiger partial charge is 0.438 e. The maximum absolute atomic E-state index is 13.2. The van der Waals surface area contributed by atoms with Gasteiger partial charge in [0.2, 0.25) is 5.88 Å². The zero-order valence-corrected chi connectivity index (χ0v) is 17.2. The van der Waals surface area contributed by atoms with Crippen molar-refractivity contribution in [3.8, 4) is 11.6 Å². The molecule has 162 valence electrons. The van der Waals surface area contributed by atoms with Gasteiger partial charge in [0, 0.05) is 11.2 Å². The average Bonchev–Trinajstić information content (AvgIpc) is 3.17. The van der Waals surface area contributed by atoms with Crippen molar-refractivity contribution in [2.75, 3.05) is 0 Å². The van der Waals surface area contributed by atoms with Gasteiger partial charge in [-0.2, -0.15) is 18.2 Å². The monoisotopic (exact) mass is 457 g/mol. The molecular weight excluding hydrogens is 443 g/mol. The van der Waals surface area contributed by atoms with Crippen molar-refractivity contribution in [2.45, 2.75) is 25.1 Å². The zero-order chi connectivity index (χ0) is 22.5. The second-order valence-electron chi connectivity index (χ2n) is 7.49. The number of nitrogens with zero attached hydrogens (tertiary/aromatic N) is 3. The van der Waals surface area contributed by atoms with Crippen LogP contribution in [0.1, 0.15) is 29.2 Å². The third kappa shape index (κ3) is 3.60. The summed E-state index contributed by atoms with van der Waals surface area (Å²) < 4.78 is 47.1. The second-order valence-corrected chi connectivity index (χ2v) is 7.93. The fourth-order valence-corrected chi connectivity index (χ4v) is 4.32. The molecule has 2 aromatic heterocycles. The van der Waals surface area contributed by atoms with Crippen molar-refractivity contribution in [3.63, 3.8) is 0 Å². The van der Waals surface area contributed by atoms with E-state index in [9.17, 15) is 18.0 Å². The number of aryl methyl sites for hydroxylation is 1. The highest BCUT2D eigenvalue weighted by Gasteiger charge is 2.35. The number of hydrogen-bond donors (Lipinski definition) is 0. The van der Waals surface area contributed by atoms with Gasteiger partial charge in [-0.05, 0) is 66.4 Å². The molecule has 5 nitrogen and oxygen atoms in total. The summed E-state index contributed by atoms with van der Waals surface area (Å²) in [4.78, 5) is 20.2. The molecule has 0 amide bonds. The van der Waals surface area contributed by atoms with E-state index in [1.54, 1.807) is 6.07 Å². The van der Waals surface area contributed by atoms with Crippen molar-refractivity contribution in [1.82, 2.24) is 14.5 Å². The minimum absolute atomic E-state index is 0.0303. The molecule has 0 aliphatic heterocycles. The molecule has 0 saturated carbocycles. The van der Waals surface area contributed by atoms with E-state index < -0.39 is 23.2 Å². The molecule has 0 fully saturated rings. The molecule has 0 spiro atoms. The summed E-state index contributed by atoms with van der Waals surface area (Å²) in [7, 11) is 0. The summed E-state index contributed by atoms with van der Waals surface area (Å²) in [5, 5.41) is 0.915. The molecule has 0 bridgehead atoms. The molecule has 2 heterocycles. The lowest BCUT2D eigenvalue weighted by Crippen LogP contribution is -2.16. The van der Waals surface area contributed by atoms with E-state index in [0.717, 1.165) is 30.0 Å². The van der Waals surface area contributed by atoms with Crippen molar-refractivity contribution in [3.05, 3.63) is 93.1 Å². The minimum Gasteiger partial charge on any atom is -0.438 e. The molecule has 1 aliphatic carbocycles. The van der Waals surface area contributed by atoms with Gasteiger partial charge in [0.25, 0.3) is 5.56 Å². The van der Waals surface area contributed by atoms with Crippen LogP contribution in [0.3, 0.4) is 0 Å². The van der Waals surface area contributed by atoms with Crippen LogP contribution in [0.2, 0.25) is 5.02 Å². The van der Waals surface area contributed by atoms with Crippen LogP contribution in [0.5, 0.6) is 11.6 Å². The molecular formula is C23H15ClF3N3O2. The Kier molecular flexibility index (Phi) is 4.89. The Morgan fingerprint density at radius 1 is 1.09 bits per heavy atom. The molecule has 4 aromatic rings. The summed E-state index contributed by atoms with van der Waals surface area (Å²) >= 11 is 6.11. The van der Waals surface area contributed by atoms with E-state index >= 15 is 0 Å². The molecule has 0 saturated heterocycles. The van der Waals surface area contributed by atoms with E-state index in [0.29, 0.717) is 10.5 Å². The van der Waals surface area contributed by atoms with Crippen LogP contribution >= 0.6 is 11.6 Å². The van der Waals surface area contributed by atoms with Crippen LogP contribution in [0, 0.1) is 0 Å². The summed E-state index contributed by atoms with van der Waals surface area (Å²) in [6.45, 7) is 0. The SMILES string of the molecule is O=c1ncn(C2CCc3cc(Cl)ccc32)c2ccc(Oc3ncccc3C(F)(F)F)cc12. The summed E-state index contributed by atoms with van der Waals surface area (Å²) in [6, 6.07) is 12.3. The third-order valence-electron chi connectivity index (χ3n) is 5.55. The van der Waals surface area contributed by atoms with Crippen LogP contribution in [-0.2, 0) is 12.6 Å². The van der Waals surface area contributed by atoms with E-state index in [4.69, 9.17) is 16.3 Å². The van der Waals surface area contributed by atoms with E-state index in [-0.39, 0.29) is 17.2 Å². The van der Waals surface area contributed by atoms with Gasteiger partial charge in [0.15, 0.2) is 0 Å². The fourth-order valence-electron chi connectivity index (χ4n) is 4.12. The van der Waals surface area contributed by atoms with Crippen LogP contribution in [0.25, 0.3) is 10.9 Å². The summed E-state index contributed by atoms with van der Waals surface area (Å²) in [5.41, 5.74) is 1.37. The van der Waals surface area contributed by atoms with Crippen molar-refractivity contribution in [2.24, 2.45) is 0 Å². The highest BCUT2D eigenvalue weighted by atomic mass is 35.5. The number of pyridine rings is 1. The molecule has 9 heteroatoms. The van der Waals surface area contributed by atoms with E-state index in [1.807, 2.05) is 22.8 Å². The van der Waals surface area contributed by atoms with Crippen LogP contribution < -0.4 is 10.3 Å². The number of halogens is 4. The maximum Gasteiger partial charge on any atom is 0.421 e. The normalized spacial score (nSPS) is 15.7. The lowest BCUT2D eigenvalue weighted by molar-refractivity contribution is -0.138. The molecule has 0 N–H and O–H groups in total. The highest BCUT2D eigenvalue weighted by Crippen LogP contribution is 2.39. The Labute approximate surface area is 185 Å². The quantitative estimate of drug-likeness (QED) is 0.390. The Balaban J connectivity index is 1.56. The third-order valence-corrected chi connectivity index (χ3v) is 5.79. The second kappa shape index (κ2) is 7.63. The van der Waals surface area contributed by atoms with Gasteiger partial charge in [0.1, 0.15) is 11.3 Å². The smallest absolute Gasteiger partial charge is 0.421 e. The van der Waals surface area contributed by atoms with Crippen molar-refractivity contribution in [1.29, 1.82) is 0 Å². The Hall–Kier alpha value is -3.39. The topological polar surface area (TPSA) is 57.0 Å². The molecule has 0 radical (unpaired) electrons. The molecule has 1 aliphatic rings. The van der Waals surface area contributed by atoms with Crippen molar-refractivity contribution >= 4 is 22.5 Å². The first-order valence-electron chi connectivity index (χ1n) is 9.80. The number of ether oxygens (including phenoxy) is 1. The first kappa shape index (κ1) is 20.5. The van der Waals surface area contributed by atoms with Crippen LogP contribution in [-0.4, -0.2) is 14.5 Å². The Morgan fingerprint density at radius 3 is 2.75 bits per heavy atom. The maximum atomic E-state index is 13.2. The van der Waals surface area contributed by atoms with Gasteiger partial charge in [-0.3, -0.25) is 4.79 Å². The van der Waals surface area contributed by atoms with E-state index in [1.165, 1.54) is 30.7 Å². The predicted octanol–water partition coefficient (Wildman–Crippen LogP) is 5.79. The van der Waals surface area contributed by atoms with Gasteiger partial charge < -0.3 is 9.30 Å². The van der Waals surface area contributed by atoms with Gasteiger partial charge in [-0.1, -0.05) is 17.7 Å². The summed E-state index contributed by atoms with van der Waals surface area (Å²) in [6.07, 6.45) is -0.247. The van der Waals surface area contributed by atoms with Crippen LogP contribution in [0.4, 0.5) is 13.2 Å². The number of benzene rings is 2. The number of rotatable bonds is 3. The number of fused-ring (bicyclic) bond motifs is 2. The van der Waals surface area contributed by atoms with Gasteiger partial charge in [0.05, 0.1) is 23.3 Å². The summed E-state index contributed by atoms with van der Waals surface area (Å²) in [5.74, 6) is -0.512. The average molecular weight is 458 g/mol. The fraction of sp³-hybridized carbons (Fsp3) is 0.174. The Bertz CT molecular complexity index is 1400. The van der Waals surface area contributed by atoms with Gasteiger partial charge in [-0.25, -0.2) is 4.98 Å². The first-order chi connectivity index (χ1) is 15.3.